The average molecular weight is 347 g/mol. The van der Waals surface area contributed by atoms with E-state index < -0.39 is 6.10 Å². The van der Waals surface area contributed by atoms with Gasteiger partial charge in [0, 0.05) is 18.1 Å². The van der Waals surface area contributed by atoms with Crippen LogP contribution in [0.25, 0.3) is 0 Å². The van der Waals surface area contributed by atoms with E-state index in [0.29, 0.717) is 22.0 Å². The minimum Gasteiger partial charge on any atom is -0.488 e. The standard InChI is InChI=1S/C18H19ClN2O3/c19-15-11-20-10-9-14(15)18(23)21-12-5-7-13(8-6-12)24-17-4-2-1-3-16(17)22/h5-11,16-17,22H,1-4H2,(H,21,23). The van der Waals surface area contributed by atoms with Gasteiger partial charge in [0.2, 0.25) is 0 Å². The molecule has 0 bridgehead atoms. The van der Waals surface area contributed by atoms with Crippen LogP contribution in [0.15, 0.2) is 42.7 Å². The number of anilines is 1. The Morgan fingerprint density at radius 2 is 1.96 bits per heavy atom. The highest BCUT2D eigenvalue weighted by molar-refractivity contribution is 6.34. The van der Waals surface area contributed by atoms with Gasteiger partial charge in [-0.1, -0.05) is 18.0 Å². The number of aromatic nitrogens is 1. The number of halogens is 1. The number of aliphatic hydroxyl groups is 1. The van der Waals surface area contributed by atoms with E-state index in [1.54, 1.807) is 30.3 Å². The van der Waals surface area contributed by atoms with Crippen LogP contribution in [0.2, 0.25) is 5.02 Å². The lowest BCUT2D eigenvalue weighted by Gasteiger charge is -2.28. The molecular formula is C18H19ClN2O3. The second-order valence-corrected chi connectivity index (χ2v) is 6.25. The van der Waals surface area contributed by atoms with Gasteiger partial charge < -0.3 is 15.2 Å². The van der Waals surface area contributed by atoms with E-state index in [4.69, 9.17) is 16.3 Å². The molecule has 0 saturated heterocycles. The fourth-order valence-corrected chi connectivity index (χ4v) is 2.97. The first-order valence-corrected chi connectivity index (χ1v) is 8.37. The Hall–Kier alpha value is -2.11. The second kappa shape index (κ2) is 7.64. The summed E-state index contributed by atoms with van der Waals surface area (Å²) >= 11 is 5.97. The third-order valence-corrected chi connectivity index (χ3v) is 4.39. The van der Waals surface area contributed by atoms with E-state index in [-0.39, 0.29) is 12.0 Å². The Balaban J connectivity index is 1.62. The van der Waals surface area contributed by atoms with Crippen LogP contribution in [0.4, 0.5) is 5.69 Å². The van der Waals surface area contributed by atoms with Crippen molar-refractivity contribution in [1.29, 1.82) is 0 Å². The number of aliphatic hydroxyl groups excluding tert-OH is 1. The smallest absolute Gasteiger partial charge is 0.257 e. The molecule has 1 aliphatic rings. The molecule has 2 unspecified atom stereocenters. The Kier molecular flexibility index (Phi) is 5.33. The fourth-order valence-electron chi connectivity index (χ4n) is 2.76. The van der Waals surface area contributed by atoms with E-state index in [1.807, 2.05) is 0 Å². The zero-order valence-electron chi connectivity index (χ0n) is 13.1. The third-order valence-electron chi connectivity index (χ3n) is 4.08. The Bertz CT molecular complexity index is 706. The molecule has 1 aliphatic carbocycles. The molecule has 5 nitrogen and oxygen atoms in total. The van der Waals surface area contributed by atoms with Crippen molar-refractivity contribution in [2.45, 2.75) is 37.9 Å². The van der Waals surface area contributed by atoms with Crippen LogP contribution in [-0.2, 0) is 0 Å². The Morgan fingerprint density at radius 1 is 1.21 bits per heavy atom. The molecule has 1 aromatic carbocycles. The number of nitrogens with one attached hydrogen (secondary N) is 1. The minimum atomic E-state index is -0.410. The summed E-state index contributed by atoms with van der Waals surface area (Å²) in [5.74, 6) is 0.389. The average Bonchev–Trinajstić information content (AvgIpc) is 2.59. The van der Waals surface area contributed by atoms with Gasteiger partial charge in [-0.2, -0.15) is 0 Å². The molecule has 0 radical (unpaired) electrons. The van der Waals surface area contributed by atoms with Crippen LogP contribution >= 0.6 is 11.6 Å². The number of rotatable bonds is 4. The molecule has 1 fully saturated rings. The SMILES string of the molecule is O=C(Nc1ccc(OC2CCCCC2O)cc1)c1ccncc1Cl. The summed E-state index contributed by atoms with van der Waals surface area (Å²) in [5.41, 5.74) is 1.02. The van der Waals surface area contributed by atoms with Crippen LogP contribution in [0.5, 0.6) is 5.75 Å². The molecule has 3 rings (SSSR count). The predicted octanol–water partition coefficient (Wildman–Crippen LogP) is 3.67. The quantitative estimate of drug-likeness (QED) is 0.886. The number of pyridine rings is 1. The van der Waals surface area contributed by atoms with Crippen LogP contribution < -0.4 is 10.1 Å². The monoisotopic (exact) mass is 346 g/mol. The molecule has 1 saturated carbocycles. The minimum absolute atomic E-state index is 0.158. The second-order valence-electron chi connectivity index (χ2n) is 5.84. The topological polar surface area (TPSA) is 71.5 Å². The summed E-state index contributed by atoms with van der Waals surface area (Å²) in [6, 6.07) is 8.66. The van der Waals surface area contributed by atoms with Crippen molar-refractivity contribution in [1.82, 2.24) is 4.98 Å². The maximum Gasteiger partial charge on any atom is 0.257 e. The summed E-state index contributed by atoms with van der Waals surface area (Å²) < 4.78 is 5.84. The molecule has 0 aliphatic heterocycles. The van der Waals surface area contributed by atoms with Crippen LogP contribution in [-0.4, -0.2) is 28.2 Å². The van der Waals surface area contributed by atoms with Crippen molar-refractivity contribution >= 4 is 23.2 Å². The van der Waals surface area contributed by atoms with Crippen molar-refractivity contribution < 1.29 is 14.6 Å². The highest BCUT2D eigenvalue weighted by Crippen LogP contribution is 2.25. The zero-order chi connectivity index (χ0) is 16.9. The number of nitrogens with zero attached hydrogens (tertiary/aromatic N) is 1. The summed E-state index contributed by atoms with van der Waals surface area (Å²) in [6.07, 6.45) is 6.15. The molecule has 6 heteroatoms. The largest absolute Gasteiger partial charge is 0.488 e. The first-order valence-electron chi connectivity index (χ1n) is 7.99. The summed E-state index contributed by atoms with van der Waals surface area (Å²) in [5, 5.41) is 13.0. The number of hydrogen-bond donors (Lipinski definition) is 2. The normalized spacial score (nSPS) is 20.4. The first kappa shape index (κ1) is 16.7. The molecule has 2 aromatic rings. The molecular weight excluding hydrogens is 328 g/mol. The summed E-state index contributed by atoms with van der Waals surface area (Å²) in [6.45, 7) is 0. The van der Waals surface area contributed by atoms with Crippen LogP contribution in [0.1, 0.15) is 36.0 Å². The molecule has 2 atom stereocenters. The molecule has 126 valence electrons. The lowest BCUT2D eigenvalue weighted by atomic mass is 9.95. The molecule has 0 spiro atoms. The highest BCUT2D eigenvalue weighted by atomic mass is 35.5. The van der Waals surface area contributed by atoms with Gasteiger partial charge in [-0.25, -0.2) is 0 Å². The molecule has 1 amide bonds. The van der Waals surface area contributed by atoms with Crippen LogP contribution in [0.3, 0.4) is 0 Å². The van der Waals surface area contributed by atoms with Gasteiger partial charge in [0.1, 0.15) is 11.9 Å². The predicted molar refractivity (Wildman–Crippen MR) is 92.5 cm³/mol. The van der Waals surface area contributed by atoms with Gasteiger partial charge >= 0.3 is 0 Å². The number of hydrogen-bond acceptors (Lipinski definition) is 4. The Labute approximate surface area is 145 Å². The lowest BCUT2D eigenvalue weighted by molar-refractivity contribution is 0.00688. The summed E-state index contributed by atoms with van der Waals surface area (Å²) in [7, 11) is 0. The molecule has 1 aromatic heterocycles. The molecule has 24 heavy (non-hydrogen) atoms. The Morgan fingerprint density at radius 3 is 2.67 bits per heavy atom. The van der Waals surface area contributed by atoms with Gasteiger partial charge in [-0.3, -0.25) is 9.78 Å². The fraction of sp³-hybridized carbons (Fsp3) is 0.333. The van der Waals surface area contributed by atoms with Gasteiger partial charge in [0.15, 0.2) is 0 Å². The van der Waals surface area contributed by atoms with E-state index in [1.165, 1.54) is 12.4 Å². The van der Waals surface area contributed by atoms with Crippen molar-refractivity contribution in [3.8, 4) is 5.75 Å². The maximum atomic E-state index is 12.2. The van der Waals surface area contributed by atoms with E-state index >= 15 is 0 Å². The molecule has 2 N–H and O–H groups in total. The lowest BCUT2D eigenvalue weighted by Crippen LogP contribution is -2.34. The summed E-state index contributed by atoms with van der Waals surface area (Å²) in [4.78, 5) is 16.1. The van der Waals surface area contributed by atoms with Gasteiger partial charge in [-0.05, 0) is 49.6 Å². The number of ether oxygens (including phenoxy) is 1. The maximum absolute atomic E-state index is 12.2. The van der Waals surface area contributed by atoms with Crippen molar-refractivity contribution in [2.24, 2.45) is 0 Å². The van der Waals surface area contributed by atoms with Gasteiger partial charge in [0.25, 0.3) is 5.91 Å². The van der Waals surface area contributed by atoms with E-state index in [0.717, 1.165) is 25.7 Å². The van der Waals surface area contributed by atoms with E-state index in [2.05, 4.69) is 10.3 Å². The number of amides is 1. The molecule has 1 heterocycles. The van der Waals surface area contributed by atoms with Crippen molar-refractivity contribution in [3.05, 3.63) is 53.3 Å². The van der Waals surface area contributed by atoms with E-state index in [9.17, 15) is 9.90 Å². The zero-order valence-corrected chi connectivity index (χ0v) is 13.9. The van der Waals surface area contributed by atoms with Gasteiger partial charge in [0.05, 0.1) is 16.7 Å². The number of carbonyl (C=O) groups excluding carboxylic acids is 1. The number of benzene rings is 1. The number of carbonyl (C=O) groups is 1. The highest BCUT2D eigenvalue weighted by Gasteiger charge is 2.24. The first-order chi connectivity index (χ1) is 11.6. The van der Waals surface area contributed by atoms with Crippen LogP contribution in [0, 0.1) is 0 Å². The third kappa shape index (κ3) is 4.04. The van der Waals surface area contributed by atoms with Gasteiger partial charge in [-0.15, -0.1) is 0 Å². The van der Waals surface area contributed by atoms with Crippen molar-refractivity contribution in [3.63, 3.8) is 0 Å². The van der Waals surface area contributed by atoms with Crippen molar-refractivity contribution in [2.75, 3.05) is 5.32 Å².